The Morgan fingerprint density at radius 3 is 1.76 bits per heavy atom. The van der Waals surface area contributed by atoms with E-state index in [1.165, 1.54) is 51.4 Å². The van der Waals surface area contributed by atoms with Gasteiger partial charge < -0.3 is 19.0 Å². The summed E-state index contributed by atoms with van der Waals surface area (Å²) in [4.78, 5) is 0. The van der Waals surface area contributed by atoms with Crippen molar-refractivity contribution >= 4 is 8.80 Å². The lowest BCUT2D eigenvalue weighted by Gasteiger charge is -2.26. The van der Waals surface area contributed by atoms with Crippen molar-refractivity contribution in [3.8, 4) is 0 Å². The molecule has 0 fully saturated rings. The fourth-order valence-corrected chi connectivity index (χ4v) is 4.53. The van der Waals surface area contributed by atoms with Crippen molar-refractivity contribution < 1.29 is 13.3 Å². The van der Waals surface area contributed by atoms with Crippen LogP contribution in [0.1, 0.15) is 71.1 Å². The van der Waals surface area contributed by atoms with E-state index in [0.717, 1.165) is 18.9 Å². The van der Waals surface area contributed by atoms with Crippen LogP contribution in [0.15, 0.2) is 0 Å². The normalized spacial score (nSPS) is 12.0. The van der Waals surface area contributed by atoms with Crippen molar-refractivity contribution in [2.75, 3.05) is 27.4 Å². The highest BCUT2D eigenvalue weighted by atomic mass is 28.4. The fraction of sp³-hybridized carbons (Fsp3) is 1.00. The number of nitrogens with two attached hydrogens (primary N) is 1. The Hall–Kier alpha value is 0.0569. The summed E-state index contributed by atoms with van der Waals surface area (Å²) >= 11 is 0. The third-order valence-corrected chi connectivity index (χ3v) is 6.73. The van der Waals surface area contributed by atoms with E-state index in [-0.39, 0.29) is 0 Å². The van der Waals surface area contributed by atoms with E-state index in [1.807, 2.05) is 0 Å². The van der Waals surface area contributed by atoms with Gasteiger partial charge in [-0.3, -0.25) is 0 Å². The van der Waals surface area contributed by atoms with Crippen molar-refractivity contribution in [1.82, 2.24) is 0 Å². The average Bonchev–Trinajstić information content (AvgIpc) is 2.52. The molecule has 0 aliphatic rings. The number of unbranched alkanes of at least 4 members (excludes halogenated alkanes) is 8. The zero-order valence-electron chi connectivity index (χ0n) is 14.5. The van der Waals surface area contributed by atoms with Gasteiger partial charge in [0.05, 0.1) is 0 Å². The van der Waals surface area contributed by atoms with Gasteiger partial charge in [0, 0.05) is 26.9 Å². The standard InChI is InChI=1S/C16H37NO3Si/c1-4-5-6-7-8-9-10-11-12-16-21(18-2,19-3)20-15-13-14-17/h4-17H2,1-3H3. The van der Waals surface area contributed by atoms with E-state index in [4.69, 9.17) is 19.0 Å². The van der Waals surface area contributed by atoms with Crippen molar-refractivity contribution in [3.05, 3.63) is 0 Å². The molecule has 0 spiro atoms. The van der Waals surface area contributed by atoms with Gasteiger partial charge in [-0.05, 0) is 19.4 Å². The molecule has 0 bridgehead atoms. The van der Waals surface area contributed by atoms with Crippen molar-refractivity contribution in [2.24, 2.45) is 5.73 Å². The second kappa shape index (κ2) is 15.0. The van der Waals surface area contributed by atoms with Gasteiger partial charge in [-0.2, -0.15) is 0 Å². The van der Waals surface area contributed by atoms with Crippen LogP contribution in [-0.4, -0.2) is 36.2 Å². The molecule has 0 aromatic heterocycles. The fourth-order valence-electron chi connectivity index (χ4n) is 2.44. The Morgan fingerprint density at radius 2 is 1.29 bits per heavy atom. The highest BCUT2D eigenvalue weighted by Gasteiger charge is 2.37. The molecular weight excluding hydrogens is 282 g/mol. The quantitative estimate of drug-likeness (QED) is 0.343. The molecule has 0 aromatic rings. The zero-order chi connectivity index (χ0) is 15.8. The van der Waals surface area contributed by atoms with Gasteiger partial charge in [0.2, 0.25) is 0 Å². The van der Waals surface area contributed by atoms with Gasteiger partial charge in [0.25, 0.3) is 0 Å². The number of hydrogen-bond donors (Lipinski definition) is 1. The Balaban J connectivity index is 3.64. The Bertz CT molecular complexity index is 214. The van der Waals surface area contributed by atoms with Crippen molar-refractivity contribution in [3.63, 3.8) is 0 Å². The van der Waals surface area contributed by atoms with Gasteiger partial charge in [-0.15, -0.1) is 0 Å². The molecule has 0 saturated heterocycles. The highest BCUT2D eigenvalue weighted by molar-refractivity contribution is 6.60. The first-order valence-electron chi connectivity index (χ1n) is 8.69. The van der Waals surface area contributed by atoms with Crippen molar-refractivity contribution in [2.45, 2.75) is 77.2 Å². The summed E-state index contributed by atoms with van der Waals surface area (Å²) < 4.78 is 17.0. The molecule has 0 heterocycles. The number of rotatable bonds is 16. The summed E-state index contributed by atoms with van der Waals surface area (Å²) in [6.07, 6.45) is 12.8. The van der Waals surface area contributed by atoms with Crippen LogP contribution < -0.4 is 5.73 Å². The molecule has 0 atom stereocenters. The Labute approximate surface area is 133 Å². The summed E-state index contributed by atoms with van der Waals surface area (Å²) in [5, 5.41) is 0. The summed E-state index contributed by atoms with van der Waals surface area (Å²) in [5.74, 6) is 0. The zero-order valence-corrected chi connectivity index (χ0v) is 15.5. The summed E-state index contributed by atoms with van der Waals surface area (Å²) in [6, 6.07) is 0.917. The smallest absolute Gasteiger partial charge is 0.377 e. The first kappa shape index (κ1) is 21.1. The summed E-state index contributed by atoms with van der Waals surface area (Å²) in [7, 11) is 0.978. The van der Waals surface area contributed by atoms with Crippen LogP contribution in [0.25, 0.3) is 0 Å². The van der Waals surface area contributed by atoms with Crippen molar-refractivity contribution in [1.29, 1.82) is 0 Å². The van der Waals surface area contributed by atoms with Gasteiger partial charge in [-0.25, -0.2) is 0 Å². The molecule has 4 nitrogen and oxygen atoms in total. The molecule has 128 valence electrons. The second-order valence-corrected chi connectivity index (χ2v) is 8.63. The van der Waals surface area contributed by atoms with E-state index < -0.39 is 8.80 Å². The van der Waals surface area contributed by atoms with Gasteiger partial charge in [0.15, 0.2) is 0 Å². The molecule has 2 N–H and O–H groups in total. The lowest BCUT2D eigenvalue weighted by atomic mass is 10.1. The largest absolute Gasteiger partial charge is 0.500 e. The maximum atomic E-state index is 5.85. The van der Waals surface area contributed by atoms with Crippen LogP contribution >= 0.6 is 0 Å². The minimum absolute atomic E-state index is 0.641. The Kier molecular flexibility index (Phi) is 15.0. The minimum atomic E-state index is -2.42. The molecule has 0 aliphatic heterocycles. The maximum absolute atomic E-state index is 5.85. The first-order chi connectivity index (χ1) is 10.2. The van der Waals surface area contributed by atoms with Gasteiger partial charge >= 0.3 is 8.80 Å². The molecule has 0 aliphatic carbocycles. The molecule has 0 amide bonds. The first-order valence-corrected chi connectivity index (χ1v) is 10.6. The molecule has 0 radical (unpaired) electrons. The number of hydrogen-bond acceptors (Lipinski definition) is 4. The van der Waals surface area contributed by atoms with Crippen LogP contribution in [0.4, 0.5) is 0 Å². The molecule has 5 heteroatoms. The third-order valence-electron chi connectivity index (χ3n) is 3.88. The van der Waals surface area contributed by atoms with Crippen LogP contribution in [0.5, 0.6) is 0 Å². The molecule has 0 rings (SSSR count). The second-order valence-electron chi connectivity index (χ2n) is 5.66. The molecule has 0 aromatic carbocycles. The van der Waals surface area contributed by atoms with Crippen LogP contribution in [0, 0.1) is 0 Å². The average molecular weight is 320 g/mol. The molecule has 0 unspecified atom stereocenters. The predicted molar refractivity (Wildman–Crippen MR) is 91.4 cm³/mol. The SMILES string of the molecule is CCCCCCCCCCC[Si](OC)(OC)OCCCN. The molecule has 0 saturated carbocycles. The van der Waals surface area contributed by atoms with E-state index in [1.54, 1.807) is 14.2 Å². The lowest BCUT2D eigenvalue weighted by molar-refractivity contribution is 0.0969. The summed E-state index contributed by atoms with van der Waals surface area (Å²) in [5.41, 5.74) is 5.49. The lowest BCUT2D eigenvalue weighted by Crippen LogP contribution is -2.44. The van der Waals surface area contributed by atoms with Gasteiger partial charge in [-0.1, -0.05) is 58.3 Å². The van der Waals surface area contributed by atoms with Crippen LogP contribution in [0.2, 0.25) is 6.04 Å². The monoisotopic (exact) mass is 319 g/mol. The van der Waals surface area contributed by atoms with E-state index >= 15 is 0 Å². The topological polar surface area (TPSA) is 53.7 Å². The third kappa shape index (κ3) is 11.3. The molecule has 21 heavy (non-hydrogen) atoms. The van der Waals surface area contributed by atoms with E-state index in [9.17, 15) is 0 Å². The van der Waals surface area contributed by atoms with Gasteiger partial charge in [0.1, 0.15) is 0 Å². The van der Waals surface area contributed by atoms with Crippen LogP contribution in [0.3, 0.4) is 0 Å². The maximum Gasteiger partial charge on any atom is 0.500 e. The minimum Gasteiger partial charge on any atom is -0.377 e. The Morgan fingerprint density at radius 1 is 0.762 bits per heavy atom. The summed E-state index contributed by atoms with van der Waals surface area (Å²) in [6.45, 7) is 3.55. The van der Waals surface area contributed by atoms with E-state index in [2.05, 4.69) is 6.92 Å². The van der Waals surface area contributed by atoms with Crippen LogP contribution in [-0.2, 0) is 13.3 Å². The van der Waals surface area contributed by atoms with E-state index in [0.29, 0.717) is 13.2 Å². The predicted octanol–water partition coefficient (Wildman–Crippen LogP) is 4.11. The highest BCUT2D eigenvalue weighted by Crippen LogP contribution is 2.19. The molecular formula is C16H37NO3Si.